The number of benzene rings is 1. The number of anilines is 1. The van der Waals surface area contributed by atoms with Crippen molar-refractivity contribution in [3.05, 3.63) is 29.8 Å². The fourth-order valence-corrected chi connectivity index (χ4v) is 1.65. The minimum Gasteiger partial charge on any atom is -0.354 e. The molecule has 3 amide bonds. The van der Waals surface area contributed by atoms with Crippen LogP contribution in [0.15, 0.2) is 24.3 Å². The summed E-state index contributed by atoms with van der Waals surface area (Å²) in [7, 11) is 0. The number of hydrogen-bond acceptors (Lipinski definition) is 2. The number of carbonyl (C=O) groups excluding carboxylic acids is 2. The lowest BCUT2D eigenvalue weighted by molar-refractivity contribution is -0.122. The third-order valence-corrected chi connectivity index (χ3v) is 2.91. The molecule has 1 rings (SSSR count). The Morgan fingerprint density at radius 3 is 2.35 bits per heavy atom. The zero-order chi connectivity index (χ0) is 15.0. The van der Waals surface area contributed by atoms with Crippen molar-refractivity contribution in [1.82, 2.24) is 10.6 Å². The van der Waals surface area contributed by atoms with Gasteiger partial charge in [-0.3, -0.25) is 4.79 Å². The lowest BCUT2D eigenvalue weighted by atomic mass is 10.1. The second-order valence-corrected chi connectivity index (χ2v) is 4.66. The number of amides is 3. The molecule has 0 spiro atoms. The van der Waals surface area contributed by atoms with Gasteiger partial charge in [-0.15, -0.1) is 0 Å². The fourth-order valence-electron chi connectivity index (χ4n) is 1.65. The average Bonchev–Trinajstić information content (AvgIpc) is 2.45. The van der Waals surface area contributed by atoms with E-state index >= 15 is 0 Å². The lowest BCUT2D eigenvalue weighted by Crippen LogP contribution is -2.46. The van der Waals surface area contributed by atoms with E-state index in [2.05, 4.69) is 22.9 Å². The first-order chi connectivity index (χ1) is 9.56. The average molecular weight is 277 g/mol. The van der Waals surface area contributed by atoms with Gasteiger partial charge < -0.3 is 16.0 Å². The van der Waals surface area contributed by atoms with Crippen molar-refractivity contribution in [3.63, 3.8) is 0 Å². The molecule has 0 bridgehead atoms. The van der Waals surface area contributed by atoms with Crippen molar-refractivity contribution < 1.29 is 9.59 Å². The Labute approximate surface area is 120 Å². The fraction of sp³-hybridized carbons (Fsp3) is 0.467. The summed E-state index contributed by atoms with van der Waals surface area (Å²) in [4.78, 5) is 23.4. The normalized spacial score (nSPS) is 11.6. The predicted octanol–water partition coefficient (Wildman–Crippen LogP) is 2.29. The molecule has 0 aliphatic heterocycles. The molecule has 3 N–H and O–H groups in total. The minimum absolute atomic E-state index is 0.177. The summed E-state index contributed by atoms with van der Waals surface area (Å²) < 4.78 is 0. The van der Waals surface area contributed by atoms with Crippen LogP contribution in [0.4, 0.5) is 10.5 Å². The van der Waals surface area contributed by atoms with Gasteiger partial charge in [0.25, 0.3) is 0 Å². The molecular weight excluding hydrogens is 254 g/mol. The quantitative estimate of drug-likeness (QED) is 0.746. The van der Waals surface area contributed by atoms with E-state index in [1.54, 1.807) is 6.92 Å². The Morgan fingerprint density at radius 1 is 1.15 bits per heavy atom. The summed E-state index contributed by atoms with van der Waals surface area (Å²) in [5.41, 5.74) is 1.92. The Morgan fingerprint density at radius 2 is 1.80 bits per heavy atom. The van der Waals surface area contributed by atoms with Gasteiger partial charge in [0.1, 0.15) is 6.04 Å². The molecule has 5 nitrogen and oxygen atoms in total. The highest BCUT2D eigenvalue weighted by Gasteiger charge is 2.14. The number of nitrogens with one attached hydrogen (secondary N) is 3. The van der Waals surface area contributed by atoms with Crippen molar-refractivity contribution >= 4 is 17.6 Å². The predicted molar refractivity (Wildman–Crippen MR) is 80.7 cm³/mol. The Balaban J connectivity index is 2.44. The van der Waals surface area contributed by atoms with Gasteiger partial charge in [-0.25, -0.2) is 4.79 Å². The molecule has 5 heteroatoms. The van der Waals surface area contributed by atoms with Gasteiger partial charge in [0, 0.05) is 12.2 Å². The van der Waals surface area contributed by atoms with E-state index in [1.807, 2.05) is 31.2 Å². The molecule has 0 radical (unpaired) electrons. The van der Waals surface area contributed by atoms with Crippen molar-refractivity contribution in [1.29, 1.82) is 0 Å². The van der Waals surface area contributed by atoms with E-state index in [0.29, 0.717) is 12.2 Å². The molecular formula is C15H23N3O2. The van der Waals surface area contributed by atoms with Gasteiger partial charge >= 0.3 is 6.03 Å². The molecule has 1 atom stereocenters. The minimum atomic E-state index is -0.559. The smallest absolute Gasteiger partial charge is 0.319 e. The van der Waals surface area contributed by atoms with Crippen molar-refractivity contribution in [2.45, 2.75) is 39.7 Å². The van der Waals surface area contributed by atoms with Gasteiger partial charge in [-0.1, -0.05) is 26.0 Å². The number of urea groups is 1. The van der Waals surface area contributed by atoms with Gasteiger partial charge in [0.05, 0.1) is 0 Å². The summed E-state index contributed by atoms with van der Waals surface area (Å²) in [5.74, 6) is -0.177. The number of hydrogen-bond donors (Lipinski definition) is 3. The SMILES string of the molecule is CCCNC(=O)C(C)NC(=O)Nc1ccc(CC)cc1. The topological polar surface area (TPSA) is 70.2 Å². The highest BCUT2D eigenvalue weighted by atomic mass is 16.2. The van der Waals surface area contributed by atoms with Gasteiger partial charge in [-0.05, 0) is 37.5 Å². The van der Waals surface area contributed by atoms with Crippen LogP contribution in [0.2, 0.25) is 0 Å². The third kappa shape index (κ3) is 5.30. The molecule has 0 aliphatic carbocycles. The molecule has 1 aromatic rings. The molecule has 0 saturated carbocycles. The van der Waals surface area contributed by atoms with Crippen LogP contribution in [0.25, 0.3) is 0 Å². The molecule has 110 valence electrons. The largest absolute Gasteiger partial charge is 0.354 e. The Bertz CT molecular complexity index is 443. The van der Waals surface area contributed by atoms with Crippen molar-refractivity contribution in [3.8, 4) is 0 Å². The highest BCUT2D eigenvalue weighted by molar-refractivity contribution is 5.93. The molecule has 0 aliphatic rings. The molecule has 0 aromatic heterocycles. The summed E-state index contributed by atoms with van der Waals surface area (Å²) in [6, 6.07) is 6.69. The molecule has 20 heavy (non-hydrogen) atoms. The van der Waals surface area contributed by atoms with E-state index in [0.717, 1.165) is 12.8 Å². The van der Waals surface area contributed by atoms with E-state index < -0.39 is 6.04 Å². The Kier molecular flexibility index (Phi) is 6.56. The zero-order valence-corrected chi connectivity index (χ0v) is 12.3. The third-order valence-electron chi connectivity index (χ3n) is 2.91. The first kappa shape index (κ1) is 16.0. The summed E-state index contributed by atoms with van der Waals surface area (Å²) in [5, 5.41) is 8.04. The van der Waals surface area contributed by atoms with Gasteiger partial charge in [0.15, 0.2) is 0 Å². The van der Waals surface area contributed by atoms with Crippen molar-refractivity contribution in [2.75, 3.05) is 11.9 Å². The molecule has 0 fully saturated rings. The lowest BCUT2D eigenvalue weighted by Gasteiger charge is -2.14. The van der Waals surface area contributed by atoms with E-state index in [-0.39, 0.29) is 11.9 Å². The zero-order valence-electron chi connectivity index (χ0n) is 12.3. The van der Waals surface area contributed by atoms with Gasteiger partial charge in [0.2, 0.25) is 5.91 Å². The second kappa shape index (κ2) is 8.19. The van der Waals surface area contributed by atoms with Crippen LogP contribution in [-0.4, -0.2) is 24.5 Å². The molecule has 1 aromatic carbocycles. The van der Waals surface area contributed by atoms with Crippen LogP contribution >= 0.6 is 0 Å². The maximum absolute atomic E-state index is 11.8. The molecule has 0 saturated heterocycles. The maximum atomic E-state index is 11.8. The maximum Gasteiger partial charge on any atom is 0.319 e. The van der Waals surface area contributed by atoms with Crippen LogP contribution in [0, 0.1) is 0 Å². The number of carbonyl (C=O) groups is 2. The van der Waals surface area contributed by atoms with E-state index in [1.165, 1.54) is 5.56 Å². The van der Waals surface area contributed by atoms with Crippen LogP contribution in [0.1, 0.15) is 32.8 Å². The summed E-state index contributed by atoms with van der Waals surface area (Å²) in [6.45, 7) is 6.33. The monoisotopic (exact) mass is 277 g/mol. The summed E-state index contributed by atoms with van der Waals surface area (Å²) >= 11 is 0. The van der Waals surface area contributed by atoms with Crippen molar-refractivity contribution in [2.24, 2.45) is 0 Å². The molecule has 1 unspecified atom stereocenters. The standard InChI is InChI=1S/C15H23N3O2/c1-4-10-16-14(19)11(3)17-15(20)18-13-8-6-12(5-2)7-9-13/h6-9,11H,4-5,10H2,1-3H3,(H,16,19)(H2,17,18,20). The second-order valence-electron chi connectivity index (χ2n) is 4.66. The van der Waals surface area contributed by atoms with Crippen LogP contribution < -0.4 is 16.0 Å². The van der Waals surface area contributed by atoms with E-state index in [9.17, 15) is 9.59 Å². The van der Waals surface area contributed by atoms with Crippen LogP contribution in [0.5, 0.6) is 0 Å². The number of rotatable bonds is 6. The van der Waals surface area contributed by atoms with E-state index in [4.69, 9.17) is 0 Å². The molecule has 0 heterocycles. The van der Waals surface area contributed by atoms with Gasteiger partial charge in [-0.2, -0.15) is 0 Å². The first-order valence-electron chi connectivity index (χ1n) is 7.01. The first-order valence-corrected chi connectivity index (χ1v) is 7.01. The Hall–Kier alpha value is -2.04. The summed E-state index contributed by atoms with van der Waals surface area (Å²) in [6.07, 6.45) is 1.83. The number of aryl methyl sites for hydroxylation is 1. The van der Waals surface area contributed by atoms with Crippen LogP contribution in [0.3, 0.4) is 0 Å². The highest BCUT2D eigenvalue weighted by Crippen LogP contribution is 2.09. The van der Waals surface area contributed by atoms with Crippen LogP contribution in [-0.2, 0) is 11.2 Å².